The van der Waals surface area contributed by atoms with E-state index in [0.717, 1.165) is 29.7 Å². The Morgan fingerprint density at radius 1 is 1.23 bits per heavy atom. The number of nitrogens with zero attached hydrogens (tertiary/aromatic N) is 2. The van der Waals surface area contributed by atoms with Crippen molar-refractivity contribution >= 4 is 45.9 Å². The summed E-state index contributed by atoms with van der Waals surface area (Å²) in [5.74, 6) is -0.863. The second-order valence-corrected chi connectivity index (χ2v) is 6.77. The molecule has 4 N–H and O–H groups in total. The Morgan fingerprint density at radius 3 is 2.35 bits per heavy atom. The Morgan fingerprint density at radius 2 is 1.85 bits per heavy atom. The highest BCUT2D eigenvalue weighted by Gasteiger charge is 2.12. The predicted octanol–water partition coefficient (Wildman–Crippen LogP) is 3.35. The molecule has 0 unspecified atom stereocenters. The van der Waals surface area contributed by atoms with Gasteiger partial charge in [0.25, 0.3) is 0 Å². The SMILES string of the molecule is CCCNc1nc(NC(C)C)c2c(C)scc2n1.O=C(O)/C=C\C(=O)O. The number of hydrogen-bond donors (Lipinski definition) is 4. The van der Waals surface area contributed by atoms with Gasteiger partial charge in [0.05, 0.1) is 10.9 Å². The summed E-state index contributed by atoms with van der Waals surface area (Å²) in [6.07, 6.45) is 2.18. The lowest BCUT2D eigenvalue weighted by Crippen LogP contribution is -2.13. The molecule has 0 aliphatic rings. The van der Waals surface area contributed by atoms with Crippen molar-refractivity contribution < 1.29 is 19.8 Å². The topological polar surface area (TPSA) is 124 Å². The average molecular weight is 380 g/mol. The zero-order valence-electron chi connectivity index (χ0n) is 15.2. The molecule has 142 valence electrons. The van der Waals surface area contributed by atoms with Gasteiger partial charge in [0, 0.05) is 35.0 Å². The summed E-state index contributed by atoms with van der Waals surface area (Å²) in [5, 5.41) is 25.5. The van der Waals surface area contributed by atoms with E-state index in [0.29, 0.717) is 24.1 Å². The van der Waals surface area contributed by atoms with Crippen molar-refractivity contribution in [2.45, 2.75) is 40.2 Å². The van der Waals surface area contributed by atoms with E-state index in [1.165, 1.54) is 4.88 Å². The van der Waals surface area contributed by atoms with Crippen molar-refractivity contribution in [1.82, 2.24) is 9.97 Å². The third kappa shape index (κ3) is 7.06. The van der Waals surface area contributed by atoms with Gasteiger partial charge in [0.2, 0.25) is 5.95 Å². The Hall–Kier alpha value is -2.68. The maximum Gasteiger partial charge on any atom is 0.328 e. The molecule has 0 saturated carbocycles. The van der Waals surface area contributed by atoms with E-state index >= 15 is 0 Å². The lowest BCUT2D eigenvalue weighted by Gasteiger charge is -2.12. The van der Waals surface area contributed by atoms with Gasteiger partial charge in [-0.15, -0.1) is 11.3 Å². The van der Waals surface area contributed by atoms with Gasteiger partial charge >= 0.3 is 11.9 Å². The fraction of sp³-hybridized carbons (Fsp3) is 0.412. The minimum atomic E-state index is -1.26. The number of carboxylic acids is 2. The molecule has 2 rings (SSSR count). The van der Waals surface area contributed by atoms with Gasteiger partial charge in [-0.2, -0.15) is 4.98 Å². The van der Waals surface area contributed by atoms with Crippen LogP contribution in [0.5, 0.6) is 0 Å². The van der Waals surface area contributed by atoms with Crippen molar-refractivity contribution in [3.8, 4) is 0 Å². The fourth-order valence-corrected chi connectivity index (χ4v) is 2.73. The number of fused-ring (bicyclic) bond motifs is 1. The molecule has 0 aromatic carbocycles. The summed E-state index contributed by atoms with van der Waals surface area (Å²) >= 11 is 1.72. The number of carboxylic acid groups (broad SMARTS) is 2. The molecule has 0 radical (unpaired) electrons. The van der Waals surface area contributed by atoms with Gasteiger partial charge in [-0.3, -0.25) is 0 Å². The number of thiophene rings is 1. The molecule has 2 aromatic rings. The summed E-state index contributed by atoms with van der Waals surface area (Å²) in [7, 11) is 0. The third-order valence-corrected chi connectivity index (χ3v) is 3.86. The number of rotatable bonds is 7. The highest BCUT2D eigenvalue weighted by Crippen LogP contribution is 2.30. The maximum absolute atomic E-state index is 9.55. The van der Waals surface area contributed by atoms with E-state index in [4.69, 9.17) is 10.2 Å². The Balaban J connectivity index is 0.000000359. The van der Waals surface area contributed by atoms with Crippen LogP contribution in [-0.2, 0) is 9.59 Å². The van der Waals surface area contributed by atoms with Crippen LogP contribution in [-0.4, -0.2) is 44.7 Å². The first kappa shape index (κ1) is 21.4. The molecule has 0 spiro atoms. The number of aliphatic carboxylic acids is 2. The number of aromatic nitrogens is 2. The van der Waals surface area contributed by atoms with E-state index in [2.05, 4.69) is 53.7 Å². The summed E-state index contributed by atoms with van der Waals surface area (Å²) < 4.78 is 0. The van der Waals surface area contributed by atoms with Gasteiger partial charge in [-0.1, -0.05) is 6.92 Å². The molecular weight excluding hydrogens is 356 g/mol. The molecule has 2 heterocycles. The van der Waals surface area contributed by atoms with Crippen LogP contribution in [0.4, 0.5) is 11.8 Å². The molecule has 0 fully saturated rings. The zero-order valence-corrected chi connectivity index (χ0v) is 16.1. The second kappa shape index (κ2) is 10.3. The van der Waals surface area contributed by atoms with Crippen LogP contribution in [0.1, 0.15) is 32.1 Å². The van der Waals surface area contributed by atoms with Crippen molar-refractivity contribution in [3.05, 3.63) is 22.4 Å². The fourth-order valence-electron chi connectivity index (χ4n) is 1.95. The molecule has 0 amide bonds. The van der Waals surface area contributed by atoms with E-state index < -0.39 is 11.9 Å². The molecule has 0 saturated heterocycles. The van der Waals surface area contributed by atoms with Crippen LogP contribution in [0.3, 0.4) is 0 Å². The number of carbonyl (C=O) groups is 2. The Kier molecular flexibility index (Phi) is 8.50. The van der Waals surface area contributed by atoms with Crippen LogP contribution in [0.25, 0.3) is 10.9 Å². The number of aryl methyl sites for hydroxylation is 1. The molecule has 0 aliphatic heterocycles. The summed E-state index contributed by atoms with van der Waals surface area (Å²) in [6, 6.07) is 0.362. The van der Waals surface area contributed by atoms with Crippen LogP contribution in [0.2, 0.25) is 0 Å². The minimum absolute atomic E-state index is 0.362. The molecule has 26 heavy (non-hydrogen) atoms. The molecule has 0 bridgehead atoms. The summed E-state index contributed by atoms with van der Waals surface area (Å²) in [4.78, 5) is 29.5. The van der Waals surface area contributed by atoms with E-state index in [-0.39, 0.29) is 0 Å². The highest BCUT2D eigenvalue weighted by molar-refractivity contribution is 7.11. The number of nitrogens with one attached hydrogen (secondary N) is 2. The third-order valence-electron chi connectivity index (χ3n) is 2.96. The largest absolute Gasteiger partial charge is 0.478 e. The summed E-state index contributed by atoms with van der Waals surface area (Å²) in [6.45, 7) is 9.38. The van der Waals surface area contributed by atoms with Gasteiger partial charge < -0.3 is 20.8 Å². The van der Waals surface area contributed by atoms with Crippen molar-refractivity contribution in [2.75, 3.05) is 17.2 Å². The molecule has 2 aromatic heterocycles. The van der Waals surface area contributed by atoms with Gasteiger partial charge in [0.1, 0.15) is 5.82 Å². The molecule has 0 aliphatic carbocycles. The Labute approximate surface area is 156 Å². The molecule has 9 heteroatoms. The smallest absolute Gasteiger partial charge is 0.328 e. The van der Waals surface area contributed by atoms with Crippen LogP contribution in [0, 0.1) is 6.92 Å². The first-order chi connectivity index (χ1) is 12.2. The molecule has 0 atom stereocenters. The van der Waals surface area contributed by atoms with E-state index in [1.807, 2.05) is 0 Å². The monoisotopic (exact) mass is 380 g/mol. The molecule has 8 nitrogen and oxygen atoms in total. The van der Waals surface area contributed by atoms with Crippen molar-refractivity contribution in [3.63, 3.8) is 0 Å². The van der Waals surface area contributed by atoms with Gasteiger partial charge in [-0.25, -0.2) is 14.6 Å². The van der Waals surface area contributed by atoms with Crippen LogP contribution < -0.4 is 10.6 Å². The van der Waals surface area contributed by atoms with Gasteiger partial charge in [0.15, 0.2) is 0 Å². The Bertz CT molecular complexity index is 770. The minimum Gasteiger partial charge on any atom is -0.478 e. The number of hydrogen-bond acceptors (Lipinski definition) is 7. The molecular formula is C17H24N4O4S. The number of anilines is 2. The first-order valence-corrected chi connectivity index (χ1v) is 9.02. The normalized spacial score (nSPS) is 10.7. The van der Waals surface area contributed by atoms with Crippen molar-refractivity contribution in [1.29, 1.82) is 0 Å². The van der Waals surface area contributed by atoms with Crippen molar-refractivity contribution in [2.24, 2.45) is 0 Å². The lowest BCUT2D eigenvalue weighted by molar-refractivity contribution is -0.134. The van der Waals surface area contributed by atoms with Gasteiger partial charge in [-0.05, 0) is 27.2 Å². The lowest BCUT2D eigenvalue weighted by atomic mass is 10.2. The highest BCUT2D eigenvalue weighted by atomic mass is 32.1. The summed E-state index contributed by atoms with van der Waals surface area (Å²) in [5.41, 5.74) is 1.02. The predicted molar refractivity (Wildman–Crippen MR) is 104 cm³/mol. The standard InChI is InChI=1S/C13H20N4S.C4H4O4/c1-5-6-14-13-16-10-7-18-9(4)11(10)12(17-13)15-8(2)3;5-3(6)1-2-4(7)8/h7-8H,5-6H2,1-4H3,(H2,14,15,16,17);1-2H,(H,5,6)(H,7,8)/b;2-1-. The second-order valence-electron chi connectivity index (χ2n) is 5.68. The van der Waals surface area contributed by atoms with Crippen LogP contribution in [0.15, 0.2) is 17.5 Å². The zero-order chi connectivity index (χ0) is 19.7. The average Bonchev–Trinajstić information content (AvgIpc) is 2.92. The van der Waals surface area contributed by atoms with E-state index in [1.54, 1.807) is 11.3 Å². The van der Waals surface area contributed by atoms with Crippen LogP contribution >= 0.6 is 11.3 Å². The van der Waals surface area contributed by atoms with E-state index in [9.17, 15) is 9.59 Å². The quantitative estimate of drug-likeness (QED) is 0.539. The maximum atomic E-state index is 9.55. The first-order valence-electron chi connectivity index (χ1n) is 8.14.